The maximum Gasteiger partial charge on any atom is 0.253 e. The standard InChI is InChI=1S/C19H23N3O3/c1-2-25-17-5-3-16(4-6-17)19(24)22-11-9-21(10-12-22)18(23)13-15-7-8-20-14-15/h3-8,14,20H,2,9-13H2,1H3. The molecule has 6 heteroatoms. The first-order valence-electron chi connectivity index (χ1n) is 8.59. The van der Waals surface area contributed by atoms with Gasteiger partial charge < -0.3 is 19.5 Å². The number of aromatic amines is 1. The molecule has 132 valence electrons. The van der Waals surface area contributed by atoms with Gasteiger partial charge in [-0.3, -0.25) is 9.59 Å². The van der Waals surface area contributed by atoms with Crippen molar-refractivity contribution in [2.24, 2.45) is 0 Å². The fourth-order valence-corrected chi connectivity index (χ4v) is 2.96. The number of benzene rings is 1. The van der Waals surface area contributed by atoms with Crippen LogP contribution in [-0.4, -0.2) is 59.4 Å². The average Bonchev–Trinajstić information content (AvgIpc) is 3.15. The highest BCUT2D eigenvalue weighted by Gasteiger charge is 2.24. The van der Waals surface area contributed by atoms with Gasteiger partial charge in [0.15, 0.2) is 0 Å². The fourth-order valence-electron chi connectivity index (χ4n) is 2.96. The van der Waals surface area contributed by atoms with Crippen molar-refractivity contribution in [1.29, 1.82) is 0 Å². The van der Waals surface area contributed by atoms with Gasteiger partial charge in [-0.2, -0.15) is 0 Å². The van der Waals surface area contributed by atoms with Crippen molar-refractivity contribution in [1.82, 2.24) is 14.8 Å². The van der Waals surface area contributed by atoms with Crippen LogP contribution >= 0.6 is 0 Å². The topological polar surface area (TPSA) is 65.6 Å². The minimum absolute atomic E-state index is 0.000724. The summed E-state index contributed by atoms with van der Waals surface area (Å²) in [4.78, 5) is 31.5. The maximum atomic E-state index is 12.6. The number of rotatable bonds is 5. The Morgan fingerprint density at radius 1 is 1.04 bits per heavy atom. The van der Waals surface area contributed by atoms with Crippen molar-refractivity contribution in [3.63, 3.8) is 0 Å². The third-order valence-corrected chi connectivity index (χ3v) is 4.35. The molecule has 1 aromatic carbocycles. The number of amides is 2. The van der Waals surface area contributed by atoms with E-state index in [2.05, 4.69) is 4.98 Å². The van der Waals surface area contributed by atoms with Gasteiger partial charge in [0.25, 0.3) is 5.91 Å². The molecule has 0 unspecified atom stereocenters. The lowest BCUT2D eigenvalue weighted by atomic mass is 10.1. The summed E-state index contributed by atoms with van der Waals surface area (Å²) in [6, 6.07) is 9.11. The molecule has 1 aliphatic heterocycles. The molecule has 3 rings (SSSR count). The molecule has 1 N–H and O–H groups in total. The van der Waals surface area contributed by atoms with Crippen molar-refractivity contribution in [3.05, 3.63) is 53.9 Å². The summed E-state index contributed by atoms with van der Waals surface area (Å²) < 4.78 is 5.40. The molecular weight excluding hydrogens is 318 g/mol. The lowest BCUT2D eigenvalue weighted by molar-refractivity contribution is -0.131. The van der Waals surface area contributed by atoms with Gasteiger partial charge in [0.05, 0.1) is 13.0 Å². The van der Waals surface area contributed by atoms with Gasteiger partial charge >= 0.3 is 0 Å². The van der Waals surface area contributed by atoms with Crippen LogP contribution in [0.2, 0.25) is 0 Å². The van der Waals surface area contributed by atoms with E-state index in [1.54, 1.807) is 17.0 Å². The second-order valence-electron chi connectivity index (χ2n) is 6.03. The van der Waals surface area contributed by atoms with Crippen LogP contribution < -0.4 is 4.74 Å². The Morgan fingerprint density at radius 2 is 1.72 bits per heavy atom. The first-order valence-corrected chi connectivity index (χ1v) is 8.59. The number of piperazine rings is 1. The van der Waals surface area contributed by atoms with Gasteiger partial charge in [-0.05, 0) is 42.8 Å². The Bertz CT molecular complexity index is 702. The van der Waals surface area contributed by atoms with E-state index >= 15 is 0 Å². The summed E-state index contributed by atoms with van der Waals surface area (Å²) in [7, 11) is 0. The third-order valence-electron chi connectivity index (χ3n) is 4.35. The van der Waals surface area contributed by atoms with Gasteiger partial charge in [0.2, 0.25) is 5.91 Å². The number of nitrogens with one attached hydrogen (secondary N) is 1. The number of carbonyl (C=O) groups is 2. The molecule has 1 fully saturated rings. The number of H-pyrrole nitrogens is 1. The molecule has 0 spiro atoms. The van der Waals surface area contributed by atoms with Gasteiger partial charge in [-0.25, -0.2) is 0 Å². The van der Waals surface area contributed by atoms with Crippen molar-refractivity contribution < 1.29 is 14.3 Å². The smallest absolute Gasteiger partial charge is 0.253 e. The normalized spacial score (nSPS) is 14.4. The molecule has 0 saturated carbocycles. The van der Waals surface area contributed by atoms with Crippen molar-refractivity contribution in [3.8, 4) is 5.75 Å². The van der Waals surface area contributed by atoms with E-state index in [4.69, 9.17) is 4.74 Å². The van der Waals surface area contributed by atoms with Crippen LogP contribution in [0.5, 0.6) is 5.75 Å². The summed E-state index contributed by atoms with van der Waals surface area (Å²) in [6.07, 6.45) is 4.05. The predicted octanol–water partition coefficient (Wildman–Crippen LogP) is 1.94. The summed E-state index contributed by atoms with van der Waals surface area (Å²) in [5.74, 6) is 0.868. The molecule has 1 aliphatic rings. The Morgan fingerprint density at radius 3 is 2.32 bits per heavy atom. The highest BCUT2D eigenvalue weighted by molar-refractivity contribution is 5.94. The van der Waals surface area contributed by atoms with E-state index in [0.717, 1.165) is 11.3 Å². The minimum atomic E-state index is 0.000724. The van der Waals surface area contributed by atoms with E-state index < -0.39 is 0 Å². The van der Waals surface area contributed by atoms with E-state index in [-0.39, 0.29) is 11.8 Å². The van der Waals surface area contributed by atoms with Gasteiger partial charge in [0, 0.05) is 44.1 Å². The number of carbonyl (C=O) groups excluding carboxylic acids is 2. The Hall–Kier alpha value is -2.76. The highest BCUT2D eigenvalue weighted by atomic mass is 16.5. The fraction of sp³-hybridized carbons (Fsp3) is 0.368. The third kappa shape index (κ3) is 4.21. The lowest BCUT2D eigenvalue weighted by Gasteiger charge is -2.34. The van der Waals surface area contributed by atoms with Crippen molar-refractivity contribution >= 4 is 11.8 Å². The van der Waals surface area contributed by atoms with Crippen LogP contribution in [0.15, 0.2) is 42.7 Å². The van der Waals surface area contributed by atoms with Crippen LogP contribution in [0.4, 0.5) is 0 Å². The zero-order valence-electron chi connectivity index (χ0n) is 14.4. The summed E-state index contributed by atoms with van der Waals surface area (Å²) in [5.41, 5.74) is 1.63. The van der Waals surface area contributed by atoms with Crippen LogP contribution in [-0.2, 0) is 11.2 Å². The summed E-state index contributed by atoms with van der Waals surface area (Å²) in [5, 5.41) is 0. The molecule has 6 nitrogen and oxygen atoms in total. The Labute approximate surface area is 147 Å². The monoisotopic (exact) mass is 341 g/mol. The highest BCUT2D eigenvalue weighted by Crippen LogP contribution is 2.15. The predicted molar refractivity (Wildman–Crippen MR) is 94.6 cm³/mol. The van der Waals surface area contributed by atoms with E-state index in [9.17, 15) is 9.59 Å². The summed E-state index contributed by atoms with van der Waals surface area (Å²) >= 11 is 0. The number of nitrogens with zero attached hydrogens (tertiary/aromatic N) is 2. The second-order valence-corrected chi connectivity index (χ2v) is 6.03. The van der Waals surface area contributed by atoms with Gasteiger partial charge in [0.1, 0.15) is 5.75 Å². The van der Waals surface area contributed by atoms with E-state index in [1.807, 2.05) is 42.4 Å². The quantitative estimate of drug-likeness (QED) is 0.904. The minimum Gasteiger partial charge on any atom is -0.494 e. The van der Waals surface area contributed by atoms with Crippen molar-refractivity contribution in [2.45, 2.75) is 13.3 Å². The zero-order chi connectivity index (χ0) is 17.6. The SMILES string of the molecule is CCOc1ccc(C(=O)N2CCN(C(=O)Cc3cc[nH]c3)CC2)cc1. The number of aromatic nitrogens is 1. The van der Waals surface area contributed by atoms with Gasteiger partial charge in [-0.15, -0.1) is 0 Å². The van der Waals surface area contributed by atoms with E-state index in [1.165, 1.54) is 0 Å². The lowest BCUT2D eigenvalue weighted by Crippen LogP contribution is -2.51. The molecule has 25 heavy (non-hydrogen) atoms. The average molecular weight is 341 g/mol. The zero-order valence-corrected chi connectivity index (χ0v) is 14.4. The molecular formula is C19H23N3O3. The summed E-state index contributed by atoms with van der Waals surface area (Å²) in [6.45, 7) is 4.80. The van der Waals surface area contributed by atoms with Crippen LogP contribution in [0.1, 0.15) is 22.8 Å². The Kier molecular flexibility index (Phi) is 5.38. The number of hydrogen-bond donors (Lipinski definition) is 1. The second kappa shape index (κ2) is 7.88. The van der Waals surface area contributed by atoms with Crippen LogP contribution in [0.3, 0.4) is 0 Å². The number of ether oxygens (including phenoxy) is 1. The molecule has 0 radical (unpaired) electrons. The molecule has 1 aromatic heterocycles. The molecule has 0 atom stereocenters. The molecule has 2 heterocycles. The van der Waals surface area contributed by atoms with Crippen LogP contribution in [0, 0.1) is 0 Å². The maximum absolute atomic E-state index is 12.6. The first-order chi connectivity index (χ1) is 12.2. The molecule has 0 bridgehead atoms. The van der Waals surface area contributed by atoms with E-state index in [0.29, 0.717) is 44.8 Å². The first kappa shape index (κ1) is 17.1. The van der Waals surface area contributed by atoms with Crippen molar-refractivity contribution in [2.75, 3.05) is 32.8 Å². The number of hydrogen-bond acceptors (Lipinski definition) is 3. The van der Waals surface area contributed by atoms with Crippen LogP contribution in [0.25, 0.3) is 0 Å². The largest absolute Gasteiger partial charge is 0.494 e. The Balaban J connectivity index is 1.52. The molecule has 0 aliphatic carbocycles. The molecule has 2 amide bonds. The molecule has 1 saturated heterocycles. The molecule has 2 aromatic rings. The van der Waals surface area contributed by atoms with Gasteiger partial charge in [-0.1, -0.05) is 0 Å².